The molecule has 0 saturated carbocycles. The quantitative estimate of drug-likeness (QED) is 0.781. The monoisotopic (exact) mass is 378 g/mol. The molecule has 1 aromatic carbocycles. The van der Waals surface area contributed by atoms with E-state index in [9.17, 15) is 18.8 Å². The van der Waals surface area contributed by atoms with Crippen LogP contribution in [0.4, 0.5) is 13.8 Å². The molecule has 0 radical (unpaired) electrons. The van der Waals surface area contributed by atoms with E-state index >= 15 is 0 Å². The van der Waals surface area contributed by atoms with Crippen LogP contribution in [0.3, 0.4) is 0 Å². The lowest BCUT2D eigenvalue weighted by Crippen LogP contribution is -2.14. The number of amides is 1. The van der Waals surface area contributed by atoms with Crippen LogP contribution in [-0.4, -0.2) is 11.7 Å². The summed E-state index contributed by atoms with van der Waals surface area (Å²) in [6.07, 6.45) is 2.82. The molecule has 3 rings (SSSR count). The van der Waals surface area contributed by atoms with Gasteiger partial charge in [0.25, 0.3) is 0 Å². The van der Waals surface area contributed by atoms with Crippen LogP contribution in [0.2, 0.25) is 0 Å². The lowest BCUT2D eigenvalue weighted by molar-refractivity contribution is -0.113. The van der Waals surface area contributed by atoms with Crippen LogP contribution in [0.5, 0.6) is 0 Å². The van der Waals surface area contributed by atoms with Gasteiger partial charge in [0.05, 0.1) is 11.3 Å². The number of fused-ring (bicyclic) bond motifs is 1. The fourth-order valence-electron chi connectivity index (χ4n) is 2.85. The topological polar surface area (TPSA) is 52.9 Å². The fraction of sp³-hybridized carbons (Fsp3) is 0.333. The van der Waals surface area contributed by atoms with Crippen LogP contribution in [0.1, 0.15) is 29.3 Å². The average molecular weight is 378 g/mol. The molecule has 1 aromatic heterocycles. The molecule has 1 atom stereocenters. The molecule has 1 aliphatic carbocycles. The number of rotatable bonds is 4. The van der Waals surface area contributed by atoms with Gasteiger partial charge in [0.1, 0.15) is 22.7 Å². The number of benzene rings is 1. The molecule has 0 aliphatic heterocycles. The highest BCUT2D eigenvalue weighted by atomic mass is 32.2. The molecule has 0 unspecified atom stereocenters. The van der Waals surface area contributed by atoms with E-state index < -0.39 is 11.6 Å². The second kappa shape index (κ2) is 7.54. The van der Waals surface area contributed by atoms with Gasteiger partial charge in [-0.15, -0.1) is 23.1 Å². The van der Waals surface area contributed by atoms with Gasteiger partial charge in [-0.25, -0.2) is 8.78 Å². The van der Waals surface area contributed by atoms with E-state index in [1.54, 1.807) is 0 Å². The zero-order chi connectivity index (χ0) is 18.0. The molecular formula is C18H16F2N2OS2. The summed E-state index contributed by atoms with van der Waals surface area (Å²) in [4.78, 5) is 13.4. The Morgan fingerprint density at radius 3 is 3.04 bits per heavy atom. The smallest absolute Gasteiger partial charge is 0.235 e. The maximum Gasteiger partial charge on any atom is 0.235 e. The highest BCUT2D eigenvalue weighted by molar-refractivity contribution is 8.00. The van der Waals surface area contributed by atoms with Gasteiger partial charge >= 0.3 is 0 Å². The first-order valence-electron chi connectivity index (χ1n) is 7.90. The minimum atomic E-state index is -0.558. The molecule has 1 heterocycles. The van der Waals surface area contributed by atoms with E-state index in [-0.39, 0.29) is 16.6 Å². The van der Waals surface area contributed by atoms with Gasteiger partial charge in [-0.1, -0.05) is 6.92 Å². The molecular weight excluding hydrogens is 362 g/mol. The molecule has 3 nitrogen and oxygen atoms in total. The maximum absolute atomic E-state index is 13.6. The van der Waals surface area contributed by atoms with Crippen molar-refractivity contribution in [1.29, 1.82) is 5.26 Å². The summed E-state index contributed by atoms with van der Waals surface area (Å²) in [5.74, 6) is -0.914. The number of carbonyl (C=O) groups excluding carboxylic acids is 1. The van der Waals surface area contributed by atoms with Crippen molar-refractivity contribution in [3.05, 3.63) is 45.8 Å². The van der Waals surface area contributed by atoms with Crippen molar-refractivity contribution in [2.24, 2.45) is 5.92 Å². The third kappa shape index (κ3) is 4.02. The lowest BCUT2D eigenvalue weighted by Gasteiger charge is -2.17. The molecule has 2 aromatic rings. The number of thioether (sulfide) groups is 1. The number of nitrogens with zero attached hydrogens (tertiary/aromatic N) is 1. The fourth-order valence-corrected chi connectivity index (χ4v) is 4.99. The first kappa shape index (κ1) is 17.9. The van der Waals surface area contributed by atoms with Crippen molar-refractivity contribution in [1.82, 2.24) is 0 Å². The normalized spacial score (nSPS) is 16.2. The molecule has 1 amide bonds. The molecule has 1 aliphatic rings. The van der Waals surface area contributed by atoms with Crippen LogP contribution in [0.25, 0.3) is 0 Å². The molecule has 0 fully saturated rings. The summed E-state index contributed by atoms with van der Waals surface area (Å²) in [6, 6.07) is 5.34. The third-order valence-electron chi connectivity index (χ3n) is 4.13. The summed E-state index contributed by atoms with van der Waals surface area (Å²) in [5, 5.41) is 12.7. The largest absolute Gasteiger partial charge is 0.316 e. The predicted octanol–water partition coefficient (Wildman–Crippen LogP) is 4.75. The Morgan fingerprint density at radius 1 is 1.48 bits per heavy atom. The van der Waals surface area contributed by atoms with E-state index in [1.807, 2.05) is 0 Å². The van der Waals surface area contributed by atoms with Gasteiger partial charge in [-0.3, -0.25) is 4.79 Å². The number of carbonyl (C=O) groups is 1. The SMILES string of the molecule is C[C@H]1CCc2c(sc(NC(=O)CSc3cc(F)ccc3F)c2C#N)C1. The zero-order valence-electron chi connectivity index (χ0n) is 13.6. The minimum absolute atomic E-state index is 0.0514. The van der Waals surface area contributed by atoms with Gasteiger partial charge in [0, 0.05) is 9.77 Å². The van der Waals surface area contributed by atoms with Crippen LogP contribution < -0.4 is 5.32 Å². The highest BCUT2D eigenvalue weighted by Crippen LogP contribution is 2.39. The number of anilines is 1. The van der Waals surface area contributed by atoms with Gasteiger partial charge in [-0.2, -0.15) is 5.26 Å². The molecule has 25 heavy (non-hydrogen) atoms. The highest BCUT2D eigenvalue weighted by Gasteiger charge is 2.24. The number of hydrogen-bond acceptors (Lipinski definition) is 4. The summed E-state index contributed by atoms with van der Waals surface area (Å²) in [5.41, 5.74) is 1.59. The van der Waals surface area contributed by atoms with E-state index in [0.29, 0.717) is 16.5 Å². The van der Waals surface area contributed by atoms with Gasteiger partial charge in [0.2, 0.25) is 5.91 Å². The lowest BCUT2D eigenvalue weighted by atomic mass is 9.89. The Labute approximate surface area is 153 Å². The summed E-state index contributed by atoms with van der Waals surface area (Å²) < 4.78 is 26.8. The van der Waals surface area contributed by atoms with Crippen LogP contribution in [0.15, 0.2) is 23.1 Å². The number of nitrogens with one attached hydrogen (secondary N) is 1. The molecule has 7 heteroatoms. The number of hydrogen-bond donors (Lipinski definition) is 1. The second-order valence-electron chi connectivity index (χ2n) is 6.08. The minimum Gasteiger partial charge on any atom is -0.316 e. The van der Waals surface area contributed by atoms with Crippen LogP contribution >= 0.6 is 23.1 Å². The van der Waals surface area contributed by atoms with Crippen LogP contribution in [0, 0.1) is 28.9 Å². The summed E-state index contributed by atoms with van der Waals surface area (Å²) in [6.45, 7) is 2.18. The second-order valence-corrected chi connectivity index (χ2v) is 8.20. The molecule has 0 spiro atoms. The van der Waals surface area contributed by atoms with E-state index in [0.717, 1.165) is 59.7 Å². The zero-order valence-corrected chi connectivity index (χ0v) is 15.2. The van der Waals surface area contributed by atoms with Crippen molar-refractivity contribution in [2.75, 3.05) is 11.1 Å². The first-order valence-corrected chi connectivity index (χ1v) is 9.70. The third-order valence-corrected chi connectivity index (χ3v) is 6.33. The Hall–Kier alpha value is -1.91. The summed E-state index contributed by atoms with van der Waals surface area (Å²) >= 11 is 2.38. The summed E-state index contributed by atoms with van der Waals surface area (Å²) in [7, 11) is 0. The van der Waals surface area contributed by atoms with Gasteiger partial charge in [-0.05, 0) is 48.9 Å². The van der Waals surface area contributed by atoms with Crippen LogP contribution in [-0.2, 0) is 17.6 Å². The first-order chi connectivity index (χ1) is 12.0. The molecule has 0 bridgehead atoms. The van der Waals surface area contributed by atoms with Crippen molar-refractivity contribution in [2.45, 2.75) is 31.1 Å². The standard InChI is InChI=1S/C18H16F2N2OS2/c1-10-2-4-12-13(8-21)18(25-15(12)6-10)22-17(23)9-24-16-7-11(19)3-5-14(16)20/h3,5,7,10H,2,4,6,9H2,1H3,(H,22,23)/t10-/m0/s1. The predicted molar refractivity (Wildman–Crippen MR) is 95.9 cm³/mol. The number of halogens is 2. The number of nitriles is 1. The Kier molecular flexibility index (Phi) is 5.40. The van der Waals surface area contributed by atoms with E-state index in [1.165, 1.54) is 11.3 Å². The Bertz CT molecular complexity index is 857. The van der Waals surface area contributed by atoms with Crippen molar-refractivity contribution >= 4 is 34.0 Å². The van der Waals surface area contributed by atoms with Gasteiger partial charge in [0.15, 0.2) is 0 Å². The van der Waals surface area contributed by atoms with Crippen molar-refractivity contribution in [3.8, 4) is 6.07 Å². The molecule has 0 saturated heterocycles. The number of thiophene rings is 1. The molecule has 1 N–H and O–H groups in total. The Morgan fingerprint density at radius 2 is 2.28 bits per heavy atom. The average Bonchev–Trinajstić information content (AvgIpc) is 2.91. The molecule has 130 valence electrons. The van der Waals surface area contributed by atoms with Crippen molar-refractivity contribution in [3.63, 3.8) is 0 Å². The van der Waals surface area contributed by atoms with E-state index in [4.69, 9.17) is 0 Å². The van der Waals surface area contributed by atoms with Crippen molar-refractivity contribution < 1.29 is 13.6 Å². The Balaban J connectivity index is 1.69. The van der Waals surface area contributed by atoms with E-state index in [2.05, 4.69) is 18.3 Å². The van der Waals surface area contributed by atoms with Gasteiger partial charge < -0.3 is 5.32 Å². The maximum atomic E-state index is 13.6.